The predicted molar refractivity (Wildman–Crippen MR) is 45.7 cm³/mol. The summed E-state index contributed by atoms with van der Waals surface area (Å²) in [6.07, 6.45) is 1.75. The Hall–Kier alpha value is -1.57. The number of hydrogen-bond acceptors (Lipinski definition) is 2. The smallest absolute Gasteiger partial charge is 0.315 e. The van der Waals surface area contributed by atoms with Crippen LogP contribution in [0, 0.1) is 6.07 Å². The van der Waals surface area contributed by atoms with Gasteiger partial charge in [0.15, 0.2) is 0 Å². The molecule has 0 aliphatic heterocycles. The van der Waals surface area contributed by atoms with Gasteiger partial charge < -0.3 is 4.74 Å². The van der Waals surface area contributed by atoms with Crippen molar-refractivity contribution >= 4 is 5.97 Å². The summed E-state index contributed by atoms with van der Waals surface area (Å²) in [4.78, 5) is 10.9. The molecule has 0 aliphatic carbocycles. The van der Waals surface area contributed by atoms with Crippen molar-refractivity contribution in [2.75, 3.05) is 0 Å². The number of rotatable bonds is 3. The topological polar surface area (TPSA) is 26.3 Å². The highest BCUT2D eigenvalue weighted by Crippen LogP contribution is 2.08. The summed E-state index contributed by atoms with van der Waals surface area (Å²) in [6.45, 7) is 3.44. The van der Waals surface area contributed by atoms with E-state index in [4.69, 9.17) is 4.74 Å². The minimum absolute atomic E-state index is 0.235. The first-order valence-electron chi connectivity index (χ1n) is 3.60. The highest BCUT2D eigenvalue weighted by molar-refractivity contribution is 5.73. The molecule has 0 heterocycles. The van der Waals surface area contributed by atoms with Crippen LogP contribution in [0.15, 0.2) is 36.9 Å². The van der Waals surface area contributed by atoms with Gasteiger partial charge in [-0.1, -0.05) is 18.2 Å². The van der Waals surface area contributed by atoms with Gasteiger partial charge in [0, 0.05) is 0 Å². The van der Waals surface area contributed by atoms with Crippen molar-refractivity contribution in [3.05, 3.63) is 43.0 Å². The van der Waals surface area contributed by atoms with Gasteiger partial charge in [0.2, 0.25) is 0 Å². The van der Waals surface area contributed by atoms with Crippen LogP contribution in [0.4, 0.5) is 0 Å². The van der Waals surface area contributed by atoms with Crippen molar-refractivity contribution in [2.24, 2.45) is 0 Å². The van der Waals surface area contributed by atoms with Gasteiger partial charge in [-0.3, -0.25) is 4.79 Å². The lowest BCUT2D eigenvalue weighted by Gasteiger charge is -2.00. The Balaban J connectivity index is 2.52. The molecule has 0 fully saturated rings. The highest BCUT2D eigenvalue weighted by atomic mass is 16.5. The molecule has 2 heteroatoms. The van der Waals surface area contributed by atoms with Crippen LogP contribution in [0.3, 0.4) is 0 Å². The van der Waals surface area contributed by atoms with Gasteiger partial charge in [0.25, 0.3) is 0 Å². The molecule has 0 aliphatic rings. The van der Waals surface area contributed by atoms with Crippen LogP contribution < -0.4 is 4.74 Å². The lowest BCUT2D eigenvalue weighted by Crippen LogP contribution is -2.05. The van der Waals surface area contributed by atoms with Crippen molar-refractivity contribution in [1.82, 2.24) is 0 Å². The summed E-state index contributed by atoms with van der Waals surface area (Å²) in [5, 5.41) is 0. The molecule has 1 aromatic carbocycles. The van der Waals surface area contributed by atoms with E-state index < -0.39 is 0 Å². The second-order valence-corrected chi connectivity index (χ2v) is 2.20. The molecule has 0 bridgehead atoms. The van der Waals surface area contributed by atoms with Crippen molar-refractivity contribution < 1.29 is 9.53 Å². The lowest BCUT2D eigenvalue weighted by molar-refractivity contribution is -0.133. The zero-order valence-electron chi connectivity index (χ0n) is 6.62. The van der Waals surface area contributed by atoms with E-state index in [9.17, 15) is 4.79 Å². The molecular weight excluding hydrogens is 152 g/mol. The van der Waals surface area contributed by atoms with Gasteiger partial charge in [0.05, 0.1) is 6.42 Å². The fourth-order valence-electron chi connectivity index (χ4n) is 0.731. The van der Waals surface area contributed by atoms with Gasteiger partial charge in [-0.05, 0) is 18.2 Å². The van der Waals surface area contributed by atoms with E-state index in [-0.39, 0.29) is 12.4 Å². The van der Waals surface area contributed by atoms with Crippen LogP contribution in [0.25, 0.3) is 0 Å². The normalized spacial score (nSPS) is 9.00. The number of hydrogen-bond donors (Lipinski definition) is 0. The van der Waals surface area contributed by atoms with Gasteiger partial charge in [-0.2, -0.15) is 0 Å². The molecule has 0 N–H and O–H groups in total. The molecule has 0 saturated carbocycles. The Morgan fingerprint density at radius 2 is 2.25 bits per heavy atom. The van der Waals surface area contributed by atoms with E-state index in [1.54, 1.807) is 24.3 Å². The van der Waals surface area contributed by atoms with Crippen molar-refractivity contribution in [3.63, 3.8) is 0 Å². The molecule has 1 aromatic rings. The maximum absolute atomic E-state index is 10.9. The van der Waals surface area contributed by atoms with E-state index >= 15 is 0 Å². The second-order valence-electron chi connectivity index (χ2n) is 2.20. The van der Waals surface area contributed by atoms with Gasteiger partial charge in [0.1, 0.15) is 5.75 Å². The third-order valence-corrected chi connectivity index (χ3v) is 1.23. The molecule has 0 unspecified atom stereocenters. The van der Waals surface area contributed by atoms with E-state index in [0.717, 1.165) is 0 Å². The van der Waals surface area contributed by atoms with Crippen LogP contribution in [0.1, 0.15) is 6.42 Å². The van der Waals surface area contributed by atoms with E-state index in [2.05, 4.69) is 12.6 Å². The maximum Gasteiger partial charge on any atom is 0.315 e. The maximum atomic E-state index is 10.9. The quantitative estimate of drug-likeness (QED) is 0.385. The summed E-state index contributed by atoms with van der Waals surface area (Å²) in [7, 11) is 0. The van der Waals surface area contributed by atoms with Gasteiger partial charge in [-0.15, -0.1) is 6.58 Å². The zero-order valence-corrected chi connectivity index (χ0v) is 6.62. The second kappa shape index (κ2) is 4.34. The molecule has 1 rings (SSSR count). The molecule has 0 atom stereocenters. The summed E-state index contributed by atoms with van der Waals surface area (Å²) in [6, 6.07) is 9.57. The average Bonchev–Trinajstić information content (AvgIpc) is 2.06. The summed E-state index contributed by atoms with van der Waals surface area (Å²) < 4.78 is 4.92. The number of benzene rings is 1. The van der Waals surface area contributed by atoms with Crippen LogP contribution >= 0.6 is 0 Å². The summed E-state index contributed by atoms with van der Waals surface area (Å²) >= 11 is 0. The summed E-state index contributed by atoms with van der Waals surface area (Å²) in [5.74, 6) is 0.247. The molecule has 61 valence electrons. The van der Waals surface area contributed by atoms with Crippen molar-refractivity contribution in [1.29, 1.82) is 0 Å². The van der Waals surface area contributed by atoms with Crippen LogP contribution in [0.2, 0.25) is 0 Å². The lowest BCUT2D eigenvalue weighted by atomic mass is 10.3. The molecule has 12 heavy (non-hydrogen) atoms. The Labute approximate surface area is 71.5 Å². The monoisotopic (exact) mass is 161 g/mol. The number of carbonyl (C=O) groups is 1. The minimum Gasteiger partial charge on any atom is -0.426 e. The van der Waals surface area contributed by atoms with Gasteiger partial charge in [-0.25, -0.2) is 0 Å². The Morgan fingerprint density at radius 1 is 1.58 bits per heavy atom. The Kier molecular flexibility index (Phi) is 3.08. The SMILES string of the molecule is C=CCC(=O)Oc1cc[c]cc1. The molecule has 0 amide bonds. The number of carbonyl (C=O) groups excluding carboxylic acids is 1. The van der Waals surface area contributed by atoms with Crippen LogP contribution in [0.5, 0.6) is 5.75 Å². The van der Waals surface area contributed by atoms with E-state index in [1.165, 1.54) is 6.08 Å². The number of esters is 1. The van der Waals surface area contributed by atoms with Crippen LogP contribution in [-0.4, -0.2) is 5.97 Å². The molecule has 0 saturated heterocycles. The van der Waals surface area contributed by atoms with Gasteiger partial charge >= 0.3 is 5.97 Å². The Morgan fingerprint density at radius 3 is 2.83 bits per heavy atom. The van der Waals surface area contributed by atoms with E-state index in [1.807, 2.05) is 0 Å². The first kappa shape index (κ1) is 8.53. The number of ether oxygens (including phenoxy) is 1. The standard InChI is InChI=1S/C10H9O2/c1-2-6-10(11)12-9-7-4-3-5-8-9/h2,4-5,7-8H,1,6H2. The fraction of sp³-hybridized carbons (Fsp3) is 0.100. The highest BCUT2D eigenvalue weighted by Gasteiger charge is 1.99. The van der Waals surface area contributed by atoms with Crippen molar-refractivity contribution in [3.8, 4) is 5.75 Å². The third-order valence-electron chi connectivity index (χ3n) is 1.23. The predicted octanol–water partition coefficient (Wildman–Crippen LogP) is 1.97. The molecule has 0 aromatic heterocycles. The molecule has 2 nitrogen and oxygen atoms in total. The first-order valence-corrected chi connectivity index (χ1v) is 3.60. The molecular formula is C10H9O2. The zero-order chi connectivity index (χ0) is 8.81. The third kappa shape index (κ3) is 2.58. The summed E-state index contributed by atoms with van der Waals surface area (Å²) in [5.41, 5.74) is 0. The van der Waals surface area contributed by atoms with Crippen LogP contribution in [-0.2, 0) is 4.79 Å². The molecule has 1 radical (unpaired) electrons. The first-order chi connectivity index (χ1) is 5.83. The average molecular weight is 161 g/mol. The Bertz CT molecular complexity index is 264. The largest absolute Gasteiger partial charge is 0.426 e. The fourth-order valence-corrected chi connectivity index (χ4v) is 0.731. The van der Waals surface area contributed by atoms with Crippen molar-refractivity contribution in [2.45, 2.75) is 6.42 Å². The molecule has 0 spiro atoms. The van der Waals surface area contributed by atoms with E-state index in [0.29, 0.717) is 5.75 Å². The minimum atomic E-state index is -0.295.